The molecule has 1 aromatic rings. The number of alkyl halides is 3. The zero-order valence-electron chi connectivity index (χ0n) is 7.47. The van der Waals surface area contributed by atoms with Crippen LogP contribution in [0.5, 0.6) is 0 Å². The summed E-state index contributed by atoms with van der Waals surface area (Å²) < 4.78 is 3.35. The molecule has 0 amide bonds. The molecule has 16 heavy (non-hydrogen) atoms. The lowest BCUT2D eigenvalue weighted by atomic mass is 10.7. The molecule has 1 aromatic heterocycles. The first-order valence-corrected chi connectivity index (χ1v) is 4.85. The third-order valence-electron chi connectivity index (χ3n) is 1.36. The van der Waals surface area contributed by atoms with Gasteiger partial charge in [-0.05, 0) is 4.92 Å². The molecule has 0 atom stereocenters. The fourth-order valence-corrected chi connectivity index (χ4v) is 0.941. The summed E-state index contributed by atoms with van der Waals surface area (Å²) in [4.78, 5) is 24.4. The molecule has 0 radical (unpaired) electrons. The number of rotatable bonds is 2. The third kappa shape index (κ3) is 3.51. The van der Waals surface area contributed by atoms with Gasteiger partial charge >= 0.3 is 11.9 Å². The molecule has 0 spiro atoms. The van der Waals surface area contributed by atoms with E-state index in [9.17, 15) is 14.9 Å². The van der Waals surface area contributed by atoms with Gasteiger partial charge < -0.3 is 14.9 Å². The standard InChI is InChI=1S/C6H4Cl3N3O4/c7-6(8,9)2-16-5(13)11-3-10-1-4(11)12(14)15/h1,3H,2H2. The Balaban J connectivity index is 2.74. The lowest BCUT2D eigenvalue weighted by Crippen LogP contribution is -2.21. The zero-order valence-corrected chi connectivity index (χ0v) is 9.74. The summed E-state index contributed by atoms with van der Waals surface area (Å²) in [5, 5.41) is 10.4. The Kier molecular flexibility index (Phi) is 3.95. The highest BCUT2D eigenvalue weighted by Gasteiger charge is 2.27. The van der Waals surface area contributed by atoms with Crippen LogP contribution in [0.3, 0.4) is 0 Å². The molecule has 0 saturated heterocycles. The van der Waals surface area contributed by atoms with Gasteiger partial charge in [0.15, 0.2) is 6.33 Å². The molecule has 1 rings (SSSR count). The Bertz CT molecular complexity index is 413. The second kappa shape index (κ2) is 4.86. The maximum Gasteiger partial charge on any atom is 0.513 e. The smallest absolute Gasteiger partial charge is 0.426 e. The quantitative estimate of drug-likeness (QED) is 0.472. The predicted octanol–water partition coefficient (Wildman–Crippen LogP) is 2.15. The number of nitrogens with zero attached hydrogens (tertiary/aromatic N) is 3. The van der Waals surface area contributed by atoms with Gasteiger partial charge in [-0.1, -0.05) is 34.8 Å². The molecule has 1 heterocycles. The highest BCUT2D eigenvalue weighted by atomic mass is 35.6. The molecule has 10 heteroatoms. The first kappa shape index (κ1) is 13.0. The van der Waals surface area contributed by atoms with Crippen molar-refractivity contribution in [1.29, 1.82) is 0 Å². The van der Waals surface area contributed by atoms with E-state index in [0.29, 0.717) is 4.57 Å². The number of hydrogen-bond donors (Lipinski definition) is 0. The van der Waals surface area contributed by atoms with Crippen molar-refractivity contribution in [3.63, 3.8) is 0 Å². The SMILES string of the molecule is O=C(OCC(Cl)(Cl)Cl)n1cncc1[N+](=O)[O-]. The molecule has 0 fully saturated rings. The largest absolute Gasteiger partial charge is 0.513 e. The van der Waals surface area contributed by atoms with E-state index in [1.54, 1.807) is 0 Å². The Hall–Kier alpha value is -1.05. The average molecular weight is 288 g/mol. The summed E-state index contributed by atoms with van der Waals surface area (Å²) in [5.74, 6) is -0.533. The summed E-state index contributed by atoms with van der Waals surface area (Å²) in [6.07, 6.45) is 0.783. The molecule has 0 N–H and O–H groups in total. The van der Waals surface area contributed by atoms with Crippen molar-refractivity contribution in [1.82, 2.24) is 9.55 Å². The van der Waals surface area contributed by atoms with Crippen LogP contribution in [0.2, 0.25) is 0 Å². The van der Waals surface area contributed by atoms with E-state index in [2.05, 4.69) is 9.72 Å². The number of aromatic nitrogens is 2. The normalized spacial score (nSPS) is 11.2. The second-order valence-electron chi connectivity index (χ2n) is 2.55. The predicted molar refractivity (Wildman–Crippen MR) is 55.9 cm³/mol. The van der Waals surface area contributed by atoms with Crippen molar-refractivity contribution in [3.8, 4) is 0 Å². The minimum atomic E-state index is -1.77. The van der Waals surface area contributed by atoms with Crippen LogP contribution in [0.25, 0.3) is 0 Å². The van der Waals surface area contributed by atoms with E-state index in [0.717, 1.165) is 12.5 Å². The van der Waals surface area contributed by atoms with Crippen LogP contribution in [0.15, 0.2) is 12.5 Å². The monoisotopic (exact) mass is 287 g/mol. The van der Waals surface area contributed by atoms with E-state index in [1.807, 2.05) is 0 Å². The van der Waals surface area contributed by atoms with Gasteiger partial charge in [0, 0.05) is 0 Å². The van der Waals surface area contributed by atoms with Gasteiger partial charge in [0.2, 0.25) is 3.79 Å². The van der Waals surface area contributed by atoms with Gasteiger partial charge in [-0.2, -0.15) is 4.79 Å². The number of imidazole rings is 1. The molecule has 0 bridgehead atoms. The van der Waals surface area contributed by atoms with Crippen molar-refractivity contribution in [2.24, 2.45) is 0 Å². The van der Waals surface area contributed by atoms with Crippen LogP contribution in [0.1, 0.15) is 0 Å². The van der Waals surface area contributed by atoms with Gasteiger partial charge in [-0.3, -0.25) is 0 Å². The van der Waals surface area contributed by atoms with Crippen LogP contribution in [-0.4, -0.2) is 31.0 Å². The van der Waals surface area contributed by atoms with E-state index in [4.69, 9.17) is 34.8 Å². The average Bonchev–Trinajstić information content (AvgIpc) is 2.61. The number of ether oxygens (including phenoxy) is 1. The number of carbonyl (C=O) groups is 1. The fraction of sp³-hybridized carbons (Fsp3) is 0.333. The van der Waals surface area contributed by atoms with Crippen LogP contribution in [-0.2, 0) is 4.74 Å². The number of hydrogen-bond acceptors (Lipinski definition) is 5. The molecule has 0 aliphatic carbocycles. The summed E-state index contributed by atoms with van der Waals surface area (Å²) >= 11 is 16.0. The molecular formula is C6H4Cl3N3O4. The van der Waals surface area contributed by atoms with Crippen molar-refractivity contribution in [2.45, 2.75) is 3.79 Å². The Morgan fingerprint density at radius 3 is 2.75 bits per heavy atom. The number of halogens is 3. The molecule has 0 unspecified atom stereocenters. The minimum absolute atomic E-state index is 0.522. The van der Waals surface area contributed by atoms with E-state index < -0.39 is 27.2 Å². The maximum absolute atomic E-state index is 11.3. The highest BCUT2D eigenvalue weighted by Crippen LogP contribution is 2.26. The molecule has 7 nitrogen and oxygen atoms in total. The van der Waals surface area contributed by atoms with Crippen LogP contribution in [0.4, 0.5) is 10.6 Å². The van der Waals surface area contributed by atoms with Crippen LogP contribution in [0, 0.1) is 10.1 Å². The molecule has 0 saturated carbocycles. The Morgan fingerprint density at radius 1 is 1.62 bits per heavy atom. The van der Waals surface area contributed by atoms with Gasteiger partial charge in [-0.15, -0.1) is 4.57 Å². The summed E-state index contributed by atoms with van der Waals surface area (Å²) in [6, 6.07) is 0. The molecule has 0 aromatic carbocycles. The minimum Gasteiger partial charge on any atom is -0.426 e. The van der Waals surface area contributed by atoms with Crippen molar-refractivity contribution < 1.29 is 14.5 Å². The topological polar surface area (TPSA) is 87.3 Å². The number of nitro groups is 1. The van der Waals surface area contributed by atoms with Crippen molar-refractivity contribution in [2.75, 3.05) is 6.61 Å². The van der Waals surface area contributed by atoms with E-state index >= 15 is 0 Å². The lowest BCUT2D eigenvalue weighted by Gasteiger charge is -2.09. The van der Waals surface area contributed by atoms with Crippen LogP contribution < -0.4 is 0 Å². The Morgan fingerprint density at radius 2 is 2.25 bits per heavy atom. The zero-order chi connectivity index (χ0) is 12.3. The van der Waals surface area contributed by atoms with Crippen molar-refractivity contribution >= 4 is 46.7 Å². The molecule has 88 valence electrons. The summed E-state index contributed by atoms with van der Waals surface area (Å²) in [5.41, 5.74) is 0. The summed E-state index contributed by atoms with van der Waals surface area (Å²) in [6.45, 7) is -0.522. The fourth-order valence-electron chi connectivity index (χ4n) is 0.777. The number of carbonyl (C=O) groups excluding carboxylic acids is 1. The highest BCUT2D eigenvalue weighted by molar-refractivity contribution is 6.67. The second-order valence-corrected chi connectivity index (χ2v) is 5.06. The first-order chi connectivity index (χ1) is 7.31. The third-order valence-corrected chi connectivity index (χ3v) is 1.69. The first-order valence-electron chi connectivity index (χ1n) is 3.72. The van der Waals surface area contributed by atoms with Crippen molar-refractivity contribution in [3.05, 3.63) is 22.6 Å². The maximum atomic E-state index is 11.3. The van der Waals surface area contributed by atoms with Crippen LogP contribution >= 0.6 is 34.8 Å². The molecular weight excluding hydrogens is 284 g/mol. The molecule has 0 aliphatic rings. The van der Waals surface area contributed by atoms with Gasteiger partial charge in [-0.25, -0.2) is 4.98 Å². The lowest BCUT2D eigenvalue weighted by molar-refractivity contribution is -0.391. The van der Waals surface area contributed by atoms with Gasteiger partial charge in [0.05, 0.1) is 0 Å². The Labute approximate surface area is 104 Å². The van der Waals surface area contributed by atoms with Gasteiger partial charge in [0.1, 0.15) is 12.8 Å². The van der Waals surface area contributed by atoms with E-state index in [-0.39, 0.29) is 0 Å². The molecule has 0 aliphatic heterocycles. The summed E-state index contributed by atoms with van der Waals surface area (Å²) in [7, 11) is 0. The van der Waals surface area contributed by atoms with E-state index in [1.165, 1.54) is 0 Å². The van der Waals surface area contributed by atoms with Gasteiger partial charge in [0.25, 0.3) is 0 Å².